The van der Waals surface area contributed by atoms with Crippen LogP contribution in [-0.4, -0.2) is 23.3 Å². The minimum absolute atomic E-state index is 0.0950. The van der Waals surface area contributed by atoms with Gasteiger partial charge in [0, 0.05) is 5.57 Å². The van der Waals surface area contributed by atoms with Crippen LogP contribution in [0.25, 0.3) is 0 Å². The molecular weight excluding hydrogens is 156 g/mol. The molecule has 0 aliphatic rings. The second kappa shape index (κ2) is 4.07. The lowest BCUT2D eigenvalue weighted by Gasteiger charge is -2.17. The molecule has 0 aromatic carbocycles. The van der Waals surface area contributed by atoms with Crippen molar-refractivity contribution >= 4 is 5.97 Å². The van der Waals surface area contributed by atoms with Gasteiger partial charge >= 0.3 is 5.97 Å². The Balaban J connectivity index is 3.91. The molecular formula is C9H14O3. The number of ether oxygens (including phenoxy) is 1. The third-order valence-corrected chi connectivity index (χ3v) is 1.28. The van der Waals surface area contributed by atoms with E-state index in [9.17, 15) is 9.90 Å². The van der Waals surface area contributed by atoms with Crippen LogP contribution in [0.15, 0.2) is 24.8 Å². The van der Waals surface area contributed by atoms with Crippen molar-refractivity contribution in [3.8, 4) is 0 Å². The summed E-state index contributed by atoms with van der Waals surface area (Å²) in [6.45, 7) is 9.75. The summed E-state index contributed by atoms with van der Waals surface area (Å²) in [7, 11) is 0. The Morgan fingerprint density at radius 1 is 1.75 bits per heavy atom. The number of carbonyl (C=O) groups is 1. The zero-order valence-electron chi connectivity index (χ0n) is 7.46. The summed E-state index contributed by atoms with van der Waals surface area (Å²) >= 11 is 0. The molecule has 0 aromatic heterocycles. The van der Waals surface area contributed by atoms with Crippen molar-refractivity contribution in [3.63, 3.8) is 0 Å². The highest BCUT2D eigenvalue weighted by Gasteiger charge is 2.17. The number of aliphatic hydroxyl groups is 1. The van der Waals surface area contributed by atoms with Crippen molar-refractivity contribution in [1.29, 1.82) is 0 Å². The molecule has 0 rings (SSSR count). The average Bonchev–Trinajstić information content (AvgIpc) is 2.00. The minimum atomic E-state index is -1.16. The van der Waals surface area contributed by atoms with Crippen LogP contribution in [-0.2, 0) is 9.53 Å². The molecule has 0 bridgehead atoms. The van der Waals surface area contributed by atoms with Crippen molar-refractivity contribution in [3.05, 3.63) is 24.8 Å². The molecule has 0 radical (unpaired) electrons. The molecule has 12 heavy (non-hydrogen) atoms. The van der Waals surface area contributed by atoms with Gasteiger partial charge in [-0.2, -0.15) is 0 Å². The zero-order valence-corrected chi connectivity index (χ0v) is 7.46. The molecule has 1 N–H and O–H groups in total. The number of hydrogen-bond donors (Lipinski definition) is 1. The standard InChI is InChI=1S/C9H14O3/c1-5-9(4,11)6-12-8(10)7(2)3/h5,11H,1-2,6H2,3-4H3. The van der Waals surface area contributed by atoms with E-state index in [1.165, 1.54) is 13.0 Å². The smallest absolute Gasteiger partial charge is 0.333 e. The number of hydrogen-bond acceptors (Lipinski definition) is 3. The first-order chi connectivity index (χ1) is 5.39. The molecule has 3 heteroatoms. The summed E-state index contributed by atoms with van der Waals surface area (Å²) in [5.74, 6) is -0.503. The number of rotatable bonds is 4. The van der Waals surface area contributed by atoms with Crippen molar-refractivity contribution in [2.75, 3.05) is 6.61 Å². The van der Waals surface area contributed by atoms with Gasteiger partial charge in [-0.05, 0) is 13.8 Å². The molecule has 0 aromatic rings. The summed E-state index contributed by atoms with van der Waals surface area (Å²) in [4.78, 5) is 10.8. The van der Waals surface area contributed by atoms with Crippen LogP contribution in [0.5, 0.6) is 0 Å². The summed E-state index contributed by atoms with van der Waals surface area (Å²) in [6, 6.07) is 0. The Hall–Kier alpha value is -1.09. The van der Waals surface area contributed by atoms with Gasteiger partial charge in [-0.3, -0.25) is 0 Å². The molecule has 0 amide bonds. The lowest BCUT2D eigenvalue weighted by atomic mass is 10.1. The SMILES string of the molecule is C=CC(C)(O)COC(=O)C(=C)C. The van der Waals surface area contributed by atoms with Gasteiger partial charge in [0.05, 0.1) is 0 Å². The first kappa shape index (κ1) is 10.9. The van der Waals surface area contributed by atoms with Crippen LogP contribution in [0.4, 0.5) is 0 Å². The second-order valence-corrected chi connectivity index (χ2v) is 2.92. The van der Waals surface area contributed by atoms with Crippen LogP contribution in [0.3, 0.4) is 0 Å². The maximum Gasteiger partial charge on any atom is 0.333 e. The van der Waals surface area contributed by atoms with Gasteiger partial charge in [0.1, 0.15) is 12.2 Å². The summed E-state index contributed by atoms with van der Waals surface area (Å²) < 4.78 is 4.70. The average molecular weight is 170 g/mol. The van der Waals surface area contributed by atoms with E-state index in [-0.39, 0.29) is 6.61 Å². The quantitative estimate of drug-likeness (QED) is 0.389. The topological polar surface area (TPSA) is 46.5 Å². The predicted octanol–water partition coefficient (Wildman–Crippen LogP) is 1.04. The fourth-order valence-corrected chi connectivity index (χ4v) is 0.394. The van der Waals surface area contributed by atoms with Gasteiger partial charge in [-0.1, -0.05) is 12.7 Å². The first-order valence-corrected chi connectivity index (χ1v) is 3.57. The first-order valence-electron chi connectivity index (χ1n) is 3.57. The van der Waals surface area contributed by atoms with E-state index in [1.807, 2.05) is 0 Å². The van der Waals surface area contributed by atoms with Gasteiger partial charge in [0.2, 0.25) is 0 Å². The fraction of sp³-hybridized carbons (Fsp3) is 0.444. The van der Waals surface area contributed by atoms with E-state index in [0.29, 0.717) is 5.57 Å². The van der Waals surface area contributed by atoms with Gasteiger partial charge in [-0.25, -0.2) is 4.79 Å². The highest BCUT2D eigenvalue weighted by molar-refractivity contribution is 5.86. The molecule has 0 aliphatic heterocycles. The Kier molecular flexibility index (Phi) is 3.70. The Morgan fingerprint density at radius 3 is 2.58 bits per heavy atom. The Bertz CT molecular complexity index is 204. The fourth-order valence-electron chi connectivity index (χ4n) is 0.394. The maximum atomic E-state index is 10.8. The lowest BCUT2D eigenvalue weighted by Crippen LogP contribution is -2.29. The highest BCUT2D eigenvalue weighted by atomic mass is 16.5. The molecule has 3 nitrogen and oxygen atoms in total. The zero-order chi connectivity index (χ0) is 9.78. The van der Waals surface area contributed by atoms with Crippen LogP contribution in [0.1, 0.15) is 13.8 Å². The van der Waals surface area contributed by atoms with Crippen LogP contribution >= 0.6 is 0 Å². The molecule has 0 spiro atoms. The van der Waals surface area contributed by atoms with Crippen molar-refractivity contribution < 1.29 is 14.6 Å². The number of esters is 1. The summed E-state index contributed by atoms with van der Waals surface area (Å²) in [6.07, 6.45) is 1.32. The molecule has 1 unspecified atom stereocenters. The van der Waals surface area contributed by atoms with E-state index < -0.39 is 11.6 Å². The number of carbonyl (C=O) groups excluding carboxylic acids is 1. The maximum absolute atomic E-state index is 10.8. The third-order valence-electron chi connectivity index (χ3n) is 1.28. The molecule has 0 saturated carbocycles. The predicted molar refractivity (Wildman–Crippen MR) is 46.6 cm³/mol. The largest absolute Gasteiger partial charge is 0.459 e. The third kappa shape index (κ3) is 3.93. The van der Waals surface area contributed by atoms with Gasteiger partial charge < -0.3 is 9.84 Å². The molecule has 0 saturated heterocycles. The summed E-state index contributed by atoms with van der Waals surface area (Å²) in [5, 5.41) is 9.33. The Morgan fingerprint density at radius 2 is 2.25 bits per heavy atom. The van der Waals surface area contributed by atoms with Gasteiger partial charge in [0.15, 0.2) is 0 Å². The van der Waals surface area contributed by atoms with Crippen molar-refractivity contribution in [2.24, 2.45) is 0 Å². The Labute approximate surface area is 72.3 Å². The molecule has 0 heterocycles. The van der Waals surface area contributed by atoms with E-state index in [4.69, 9.17) is 4.74 Å². The summed E-state index contributed by atoms with van der Waals surface area (Å²) in [5.41, 5.74) is -0.847. The van der Waals surface area contributed by atoms with Crippen molar-refractivity contribution in [1.82, 2.24) is 0 Å². The molecule has 0 fully saturated rings. The van der Waals surface area contributed by atoms with Crippen LogP contribution in [0, 0.1) is 0 Å². The minimum Gasteiger partial charge on any atom is -0.459 e. The van der Waals surface area contributed by atoms with Gasteiger partial charge in [0.25, 0.3) is 0 Å². The molecule has 1 atom stereocenters. The molecule has 68 valence electrons. The van der Waals surface area contributed by atoms with E-state index >= 15 is 0 Å². The van der Waals surface area contributed by atoms with Crippen molar-refractivity contribution in [2.45, 2.75) is 19.4 Å². The van der Waals surface area contributed by atoms with Crippen LogP contribution in [0.2, 0.25) is 0 Å². The lowest BCUT2D eigenvalue weighted by molar-refractivity contribution is -0.143. The normalized spacial score (nSPS) is 14.6. The van der Waals surface area contributed by atoms with Crippen LogP contribution < -0.4 is 0 Å². The van der Waals surface area contributed by atoms with E-state index in [1.54, 1.807) is 6.92 Å². The highest BCUT2D eigenvalue weighted by Crippen LogP contribution is 2.05. The second-order valence-electron chi connectivity index (χ2n) is 2.92. The molecule has 0 aliphatic carbocycles. The van der Waals surface area contributed by atoms with E-state index in [0.717, 1.165) is 0 Å². The monoisotopic (exact) mass is 170 g/mol. The van der Waals surface area contributed by atoms with E-state index in [2.05, 4.69) is 13.2 Å². The van der Waals surface area contributed by atoms with Gasteiger partial charge in [-0.15, -0.1) is 6.58 Å².